The Bertz CT molecular complexity index is 824. The highest BCUT2D eigenvalue weighted by Crippen LogP contribution is 2.25. The number of nitro benzene ring substituents is 1. The molecule has 0 atom stereocenters. The maximum absolute atomic E-state index is 11.8. The summed E-state index contributed by atoms with van der Waals surface area (Å²) in [6.45, 7) is -0.0226. The van der Waals surface area contributed by atoms with Crippen LogP contribution in [0.4, 0.5) is 11.4 Å². The van der Waals surface area contributed by atoms with E-state index < -0.39 is 10.9 Å². The second kappa shape index (κ2) is 9.17. The second-order valence-corrected chi connectivity index (χ2v) is 6.08. The van der Waals surface area contributed by atoms with Crippen molar-refractivity contribution in [1.82, 2.24) is 0 Å². The smallest absolute Gasteiger partial charge is 0.306 e. The summed E-state index contributed by atoms with van der Waals surface area (Å²) in [4.78, 5) is 33.6. The number of halogens is 2. The van der Waals surface area contributed by atoms with Gasteiger partial charge in [0, 0.05) is 24.2 Å². The Balaban J connectivity index is 1.74. The summed E-state index contributed by atoms with van der Waals surface area (Å²) in [5, 5.41) is 13.9. The highest BCUT2D eigenvalue weighted by molar-refractivity contribution is 6.42. The Kier molecular flexibility index (Phi) is 6.94. The summed E-state index contributed by atoms with van der Waals surface area (Å²) < 4.78 is 5.04. The summed E-state index contributed by atoms with van der Waals surface area (Å²) in [5.41, 5.74) is 1.05. The molecule has 0 saturated carbocycles. The number of ether oxygens (including phenoxy) is 1. The average molecular weight is 397 g/mol. The number of carbonyl (C=O) groups is 2. The topological polar surface area (TPSA) is 98.5 Å². The van der Waals surface area contributed by atoms with Crippen LogP contribution in [0.2, 0.25) is 10.0 Å². The zero-order valence-corrected chi connectivity index (χ0v) is 14.9. The van der Waals surface area contributed by atoms with E-state index in [1.807, 2.05) is 0 Å². The summed E-state index contributed by atoms with van der Waals surface area (Å²) in [6, 6.07) is 10.3. The Morgan fingerprint density at radius 3 is 2.35 bits per heavy atom. The van der Waals surface area contributed by atoms with Gasteiger partial charge in [-0.15, -0.1) is 0 Å². The molecule has 1 N–H and O–H groups in total. The summed E-state index contributed by atoms with van der Waals surface area (Å²) >= 11 is 11.6. The van der Waals surface area contributed by atoms with E-state index in [1.165, 1.54) is 30.3 Å². The van der Waals surface area contributed by atoms with Gasteiger partial charge < -0.3 is 10.1 Å². The molecular weight excluding hydrogens is 383 g/mol. The van der Waals surface area contributed by atoms with E-state index in [-0.39, 0.29) is 31.0 Å². The van der Waals surface area contributed by atoms with Crippen molar-refractivity contribution in [3.8, 4) is 0 Å². The molecule has 7 nitrogen and oxygen atoms in total. The number of anilines is 1. The van der Waals surface area contributed by atoms with Crippen molar-refractivity contribution in [1.29, 1.82) is 0 Å². The lowest BCUT2D eigenvalue weighted by atomic mass is 10.2. The fourth-order valence-corrected chi connectivity index (χ4v) is 2.26. The van der Waals surface area contributed by atoms with Crippen molar-refractivity contribution >= 4 is 46.5 Å². The molecule has 0 unspecified atom stereocenters. The molecule has 0 aliphatic rings. The quantitative estimate of drug-likeness (QED) is 0.425. The highest BCUT2D eigenvalue weighted by Gasteiger charge is 2.10. The summed E-state index contributed by atoms with van der Waals surface area (Å²) in [6.07, 6.45) is -0.153. The zero-order chi connectivity index (χ0) is 19.1. The van der Waals surface area contributed by atoms with E-state index in [2.05, 4.69) is 5.32 Å². The number of esters is 1. The number of non-ortho nitro benzene ring substituents is 1. The average Bonchev–Trinajstić information content (AvgIpc) is 2.61. The number of amides is 1. The first-order chi connectivity index (χ1) is 12.3. The molecular formula is C17H14Cl2N2O5. The van der Waals surface area contributed by atoms with Crippen LogP contribution < -0.4 is 5.32 Å². The van der Waals surface area contributed by atoms with Gasteiger partial charge in [-0.2, -0.15) is 0 Å². The molecule has 0 fully saturated rings. The molecule has 0 radical (unpaired) electrons. The monoisotopic (exact) mass is 396 g/mol. The van der Waals surface area contributed by atoms with Crippen molar-refractivity contribution in [2.75, 3.05) is 5.32 Å². The van der Waals surface area contributed by atoms with Gasteiger partial charge in [0.2, 0.25) is 5.91 Å². The normalized spacial score (nSPS) is 10.2. The third kappa shape index (κ3) is 6.02. The lowest BCUT2D eigenvalue weighted by Gasteiger charge is -2.07. The standard InChI is InChI=1S/C17H14Cl2N2O5/c18-14-6-3-12(9-15(14)19)20-16(22)7-8-17(23)26-10-11-1-4-13(5-2-11)21(24)25/h1-6,9H,7-8,10H2,(H,20,22). The first-order valence-corrected chi connectivity index (χ1v) is 8.24. The van der Waals surface area contributed by atoms with Gasteiger partial charge in [-0.25, -0.2) is 0 Å². The van der Waals surface area contributed by atoms with E-state index >= 15 is 0 Å². The molecule has 0 saturated heterocycles. The number of nitro groups is 1. The van der Waals surface area contributed by atoms with Crippen molar-refractivity contribution in [2.24, 2.45) is 0 Å². The molecule has 0 aliphatic heterocycles. The molecule has 2 aromatic carbocycles. The van der Waals surface area contributed by atoms with Crippen LogP contribution in [0.1, 0.15) is 18.4 Å². The van der Waals surface area contributed by atoms with Crippen LogP contribution in [-0.2, 0) is 20.9 Å². The largest absolute Gasteiger partial charge is 0.461 e. The zero-order valence-electron chi connectivity index (χ0n) is 13.4. The van der Waals surface area contributed by atoms with E-state index in [0.29, 0.717) is 21.3 Å². The lowest BCUT2D eigenvalue weighted by molar-refractivity contribution is -0.384. The SMILES string of the molecule is O=C(CCC(=O)OCc1ccc([N+](=O)[O-])cc1)Nc1ccc(Cl)c(Cl)c1. The van der Waals surface area contributed by atoms with E-state index in [9.17, 15) is 19.7 Å². The molecule has 2 rings (SSSR count). The first-order valence-electron chi connectivity index (χ1n) is 7.49. The molecule has 2 aromatic rings. The lowest BCUT2D eigenvalue weighted by Crippen LogP contribution is -2.14. The number of rotatable bonds is 7. The fraction of sp³-hybridized carbons (Fsp3) is 0.176. The Hall–Kier alpha value is -2.64. The predicted molar refractivity (Wildman–Crippen MR) is 97.2 cm³/mol. The third-order valence-corrected chi connectivity index (χ3v) is 4.05. The van der Waals surface area contributed by atoms with Gasteiger partial charge in [-0.3, -0.25) is 19.7 Å². The van der Waals surface area contributed by atoms with Crippen LogP contribution >= 0.6 is 23.2 Å². The minimum Gasteiger partial charge on any atom is -0.461 e. The van der Waals surface area contributed by atoms with Gasteiger partial charge in [-0.1, -0.05) is 23.2 Å². The molecule has 26 heavy (non-hydrogen) atoms. The first kappa shape index (κ1) is 19.7. The number of nitrogens with one attached hydrogen (secondary N) is 1. The molecule has 136 valence electrons. The van der Waals surface area contributed by atoms with Gasteiger partial charge in [0.15, 0.2) is 0 Å². The number of hydrogen-bond donors (Lipinski definition) is 1. The van der Waals surface area contributed by atoms with Crippen molar-refractivity contribution < 1.29 is 19.2 Å². The van der Waals surface area contributed by atoms with Crippen LogP contribution in [0, 0.1) is 10.1 Å². The van der Waals surface area contributed by atoms with Crippen LogP contribution in [0.25, 0.3) is 0 Å². The Morgan fingerprint density at radius 2 is 1.73 bits per heavy atom. The predicted octanol–water partition coefficient (Wildman–Crippen LogP) is 4.36. The van der Waals surface area contributed by atoms with Gasteiger partial charge >= 0.3 is 5.97 Å². The van der Waals surface area contributed by atoms with Crippen molar-refractivity contribution in [2.45, 2.75) is 19.4 Å². The Morgan fingerprint density at radius 1 is 1.04 bits per heavy atom. The van der Waals surface area contributed by atoms with Crippen LogP contribution in [0.3, 0.4) is 0 Å². The number of hydrogen-bond acceptors (Lipinski definition) is 5. The third-order valence-electron chi connectivity index (χ3n) is 3.31. The molecule has 0 bridgehead atoms. The van der Waals surface area contributed by atoms with E-state index in [0.717, 1.165) is 0 Å². The minimum atomic E-state index is -0.548. The molecule has 0 aromatic heterocycles. The van der Waals surface area contributed by atoms with Gasteiger partial charge in [0.1, 0.15) is 6.61 Å². The van der Waals surface area contributed by atoms with E-state index in [4.69, 9.17) is 27.9 Å². The highest BCUT2D eigenvalue weighted by atomic mass is 35.5. The molecule has 0 heterocycles. The van der Waals surface area contributed by atoms with Crippen LogP contribution in [0.5, 0.6) is 0 Å². The van der Waals surface area contributed by atoms with Gasteiger partial charge in [0.25, 0.3) is 5.69 Å². The second-order valence-electron chi connectivity index (χ2n) is 5.26. The van der Waals surface area contributed by atoms with Crippen LogP contribution in [0.15, 0.2) is 42.5 Å². The molecule has 1 amide bonds. The Labute approximate surface area is 159 Å². The van der Waals surface area contributed by atoms with Gasteiger partial charge in [0.05, 0.1) is 21.4 Å². The van der Waals surface area contributed by atoms with Crippen molar-refractivity contribution in [3.63, 3.8) is 0 Å². The van der Waals surface area contributed by atoms with E-state index in [1.54, 1.807) is 12.1 Å². The number of benzene rings is 2. The number of carbonyl (C=O) groups excluding carboxylic acids is 2. The van der Waals surface area contributed by atoms with Crippen molar-refractivity contribution in [3.05, 3.63) is 68.2 Å². The van der Waals surface area contributed by atoms with Gasteiger partial charge in [-0.05, 0) is 35.9 Å². The maximum Gasteiger partial charge on any atom is 0.306 e. The molecule has 9 heteroatoms. The fourth-order valence-electron chi connectivity index (χ4n) is 1.96. The summed E-state index contributed by atoms with van der Waals surface area (Å²) in [7, 11) is 0. The molecule has 0 spiro atoms. The number of nitrogens with zero attached hydrogens (tertiary/aromatic N) is 1. The summed E-state index contributed by atoms with van der Waals surface area (Å²) in [5.74, 6) is -0.914. The maximum atomic E-state index is 11.8. The van der Waals surface area contributed by atoms with Crippen LogP contribution in [-0.4, -0.2) is 16.8 Å². The molecule has 0 aliphatic carbocycles. The minimum absolute atomic E-state index is 0.0226.